The first-order valence-electron chi connectivity index (χ1n) is 12.7. The zero-order valence-electron chi connectivity index (χ0n) is 22.0. The Bertz CT molecular complexity index is 1320. The predicted molar refractivity (Wildman–Crippen MR) is 139 cm³/mol. The van der Waals surface area contributed by atoms with Gasteiger partial charge in [-0.3, -0.25) is 14.6 Å². The third kappa shape index (κ3) is 7.56. The van der Waals surface area contributed by atoms with E-state index in [-0.39, 0.29) is 29.7 Å². The average Bonchev–Trinajstić information content (AvgIpc) is 3.33. The smallest absolute Gasteiger partial charge is 0.326 e. The molecule has 39 heavy (non-hydrogen) atoms. The molecule has 1 heterocycles. The van der Waals surface area contributed by atoms with E-state index in [9.17, 15) is 22.8 Å². The molecule has 0 saturated heterocycles. The molecule has 12 heteroatoms. The van der Waals surface area contributed by atoms with E-state index in [1.54, 1.807) is 23.0 Å². The highest BCUT2D eigenvalue weighted by Gasteiger charge is 2.33. The van der Waals surface area contributed by atoms with E-state index in [1.807, 2.05) is 19.1 Å². The van der Waals surface area contributed by atoms with Crippen molar-refractivity contribution in [3.8, 4) is 0 Å². The van der Waals surface area contributed by atoms with Gasteiger partial charge in [0.25, 0.3) is 6.20 Å². The van der Waals surface area contributed by atoms with Crippen LogP contribution in [0.3, 0.4) is 0 Å². The van der Waals surface area contributed by atoms with Crippen LogP contribution in [0.4, 0.5) is 35.2 Å². The molecule has 0 bridgehead atoms. The van der Waals surface area contributed by atoms with Gasteiger partial charge in [0.15, 0.2) is 6.04 Å². The number of hydrogen-bond donors (Lipinski definition) is 3. The third-order valence-electron chi connectivity index (χ3n) is 6.90. The monoisotopic (exact) mass is 545 g/mol. The van der Waals surface area contributed by atoms with Crippen molar-refractivity contribution in [3.05, 3.63) is 65.4 Å². The number of amides is 3. The van der Waals surface area contributed by atoms with Crippen LogP contribution < -0.4 is 20.6 Å². The second-order valence-corrected chi connectivity index (χ2v) is 10.00. The Kier molecular flexibility index (Phi) is 8.54. The number of halogens is 3. The minimum absolute atomic E-state index is 0.00550. The molecule has 0 atom stereocenters. The van der Waals surface area contributed by atoms with Gasteiger partial charge in [-0.1, -0.05) is 24.3 Å². The molecule has 1 fully saturated rings. The summed E-state index contributed by atoms with van der Waals surface area (Å²) in [6.45, 7) is 1.85. The van der Waals surface area contributed by atoms with Gasteiger partial charge in [-0.25, -0.2) is 4.79 Å². The number of aromatic nitrogens is 2. The lowest BCUT2D eigenvalue weighted by Crippen LogP contribution is -2.45. The molecule has 1 aliphatic rings. The zero-order valence-corrected chi connectivity index (χ0v) is 22.0. The van der Waals surface area contributed by atoms with Crippen LogP contribution in [0, 0.1) is 6.92 Å². The number of hydrogen-bond acceptors (Lipinski definition) is 5. The van der Waals surface area contributed by atoms with Crippen molar-refractivity contribution >= 4 is 29.2 Å². The number of alkyl halides is 3. The van der Waals surface area contributed by atoms with Crippen molar-refractivity contribution < 1.29 is 32.0 Å². The summed E-state index contributed by atoms with van der Waals surface area (Å²) in [5, 5.41) is 11.3. The summed E-state index contributed by atoms with van der Waals surface area (Å²) < 4.78 is 47.5. The summed E-state index contributed by atoms with van der Waals surface area (Å²) in [6.07, 6.45) is 0.715. The Morgan fingerprint density at radius 1 is 1.03 bits per heavy atom. The highest BCUT2D eigenvalue weighted by molar-refractivity contribution is 6.00. The minimum Gasteiger partial charge on any atom is -0.326 e. The molecule has 208 valence electrons. The van der Waals surface area contributed by atoms with E-state index in [2.05, 4.69) is 40.2 Å². The first-order chi connectivity index (χ1) is 18.5. The van der Waals surface area contributed by atoms with Crippen molar-refractivity contribution in [2.45, 2.75) is 57.3 Å². The number of rotatable bonds is 7. The summed E-state index contributed by atoms with van der Waals surface area (Å²) in [4.78, 5) is 27.3. The molecular weight excluding hydrogens is 513 g/mol. The molecule has 2 aromatic carbocycles. The minimum atomic E-state index is -4.69. The molecule has 4 rings (SSSR count). The first-order valence-corrected chi connectivity index (χ1v) is 12.7. The van der Waals surface area contributed by atoms with Crippen molar-refractivity contribution in [1.29, 1.82) is 0 Å². The Hall–Kier alpha value is -3.93. The molecule has 3 aromatic rings. The van der Waals surface area contributed by atoms with E-state index >= 15 is 0 Å². The normalized spacial score (nSPS) is 17.6. The number of benzene rings is 2. The largest absolute Gasteiger partial charge is 0.416 e. The van der Waals surface area contributed by atoms with Crippen LogP contribution in [0.5, 0.6) is 0 Å². The van der Waals surface area contributed by atoms with Crippen LogP contribution in [-0.2, 0) is 17.4 Å². The summed E-state index contributed by atoms with van der Waals surface area (Å²) in [7, 11) is 4.11. The SMILES string of the molecule is Cc1ccccc1CC(=O)Nc1cc(NC(=O)Nc2c[n+](C3CCC(N(C)C)CC3)no2)cc(C(F)(F)F)c1. The number of anilines is 3. The highest BCUT2D eigenvalue weighted by Crippen LogP contribution is 2.33. The highest BCUT2D eigenvalue weighted by atomic mass is 19.4. The Morgan fingerprint density at radius 2 is 1.69 bits per heavy atom. The van der Waals surface area contributed by atoms with Crippen molar-refractivity contribution in [2.75, 3.05) is 30.0 Å². The predicted octanol–water partition coefficient (Wildman–Crippen LogP) is 5.16. The molecule has 0 spiro atoms. The van der Waals surface area contributed by atoms with E-state index in [0.717, 1.165) is 48.9 Å². The van der Waals surface area contributed by atoms with E-state index < -0.39 is 23.7 Å². The number of nitrogens with zero attached hydrogens (tertiary/aromatic N) is 3. The Balaban J connectivity index is 1.41. The van der Waals surface area contributed by atoms with Crippen LogP contribution in [0.15, 0.2) is 53.2 Å². The van der Waals surface area contributed by atoms with Crippen molar-refractivity contribution in [1.82, 2.24) is 10.2 Å². The maximum absolute atomic E-state index is 13.5. The quantitative estimate of drug-likeness (QED) is 0.356. The third-order valence-corrected chi connectivity index (χ3v) is 6.90. The Morgan fingerprint density at radius 3 is 2.33 bits per heavy atom. The molecule has 1 saturated carbocycles. The molecule has 3 amide bonds. The summed E-state index contributed by atoms with van der Waals surface area (Å²) >= 11 is 0. The number of aryl methyl sites for hydroxylation is 1. The molecule has 3 N–H and O–H groups in total. The molecule has 1 aliphatic carbocycles. The summed E-state index contributed by atoms with van der Waals surface area (Å²) in [5.41, 5.74) is 0.394. The van der Waals surface area contributed by atoms with Crippen LogP contribution in [0.2, 0.25) is 0 Å². The second-order valence-electron chi connectivity index (χ2n) is 10.00. The summed E-state index contributed by atoms with van der Waals surface area (Å²) in [6, 6.07) is 9.95. The van der Waals surface area contributed by atoms with Gasteiger partial charge in [0.05, 0.1) is 12.0 Å². The number of carbonyl (C=O) groups excluding carboxylic acids is 2. The molecule has 0 unspecified atom stereocenters. The molecule has 1 aromatic heterocycles. The fraction of sp³-hybridized carbons (Fsp3) is 0.407. The van der Waals surface area contributed by atoms with Crippen molar-refractivity contribution in [2.24, 2.45) is 0 Å². The average molecular weight is 546 g/mol. The molecular formula is C27H32F3N6O3+. The zero-order chi connectivity index (χ0) is 28.2. The lowest BCUT2D eigenvalue weighted by atomic mass is 9.91. The number of nitrogens with one attached hydrogen (secondary N) is 3. The van der Waals surface area contributed by atoms with Gasteiger partial charge in [-0.2, -0.15) is 13.2 Å². The van der Waals surface area contributed by atoms with Crippen LogP contribution >= 0.6 is 0 Å². The summed E-state index contributed by atoms with van der Waals surface area (Å²) in [5.74, 6) is -0.425. The lowest BCUT2D eigenvalue weighted by molar-refractivity contribution is -0.787. The van der Waals surface area contributed by atoms with Gasteiger partial charge in [0, 0.05) is 30.3 Å². The van der Waals surface area contributed by atoms with E-state index in [1.165, 1.54) is 6.07 Å². The molecule has 0 radical (unpaired) electrons. The molecule has 9 nitrogen and oxygen atoms in total. The van der Waals surface area contributed by atoms with Gasteiger partial charge in [-0.05, 0) is 67.9 Å². The number of urea groups is 1. The van der Waals surface area contributed by atoms with Gasteiger partial charge in [0.1, 0.15) is 0 Å². The standard InChI is InChI=1S/C27H31F3N6O3/c1-17-6-4-5-7-18(17)12-24(37)31-20-13-19(27(28,29)30)14-21(15-20)32-26(38)33-25-16-36(34-39-25)23-10-8-22(9-11-23)35(2)3/h4-7,13-16,22-23H,8-12H2,1-3H3,(H2-,31,32,33,34,37,38)/p+1. The fourth-order valence-corrected chi connectivity index (χ4v) is 4.72. The topological polar surface area (TPSA) is 103 Å². The van der Waals surface area contributed by atoms with Gasteiger partial charge >= 0.3 is 18.1 Å². The first kappa shape index (κ1) is 28.1. The van der Waals surface area contributed by atoms with Crippen LogP contribution in [-0.4, -0.2) is 42.2 Å². The van der Waals surface area contributed by atoms with Gasteiger partial charge < -0.3 is 15.5 Å². The number of carbonyl (C=O) groups is 2. The maximum atomic E-state index is 13.5. The molecule has 0 aliphatic heterocycles. The van der Waals surface area contributed by atoms with E-state index in [4.69, 9.17) is 4.52 Å². The van der Waals surface area contributed by atoms with Gasteiger partial charge in [0.2, 0.25) is 11.2 Å². The van der Waals surface area contributed by atoms with E-state index in [0.29, 0.717) is 6.04 Å². The fourth-order valence-electron chi connectivity index (χ4n) is 4.72. The lowest BCUT2D eigenvalue weighted by Gasteiger charge is -2.29. The van der Waals surface area contributed by atoms with Crippen molar-refractivity contribution in [3.63, 3.8) is 0 Å². The maximum Gasteiger partial charge on any atom is 0.416 e. The van der Waals surface area contributed by atoms with Crippen LogP contribution in [0.1, 0.15) is 48.4 Å². The van der Waals surface area contributed by atoms with Crippen LogP contribution in [0.25, 0.3) is 0 Å². The second kappa shape index (κ2) is 11.9. The van der Waals surface area contributed by atoms with Gasteiger partial charge in [-0.15, -0.1) is 0 Å². The Labute approximate surface area is 224 Å².